The maximum absolute atomic E-state index is 12.3. The van der Waals surface area contributed by atoms with Crippen LogP contribution in [-0.4, -0.2) is 60.2 Å². The summed E-state index contributed by atoms with van der Waals surface area (Å²) in [6.45, 7) is 3.65. The summed E-state index contributed by atoms with van der Waals surface area (Å²) in [7, 11) is 0. The molecule has 4 amide bonds. The first-order valence-corrected chi connectivity index (χ1v) is 10.6. The zero-order valence-corrected chi connectivity index (χ0v) is 19.3. The van der Waals surface area contributed by atoms with Gasteiger partial charge in [-0.15, -0.1) is 0 Å². The van der Waals surface area contributed by atoms with Gasteiger partial charge in [0.1, 0.15) is 11.3 Å². The smallest absolute Gasteiger partial charge is 0.344 e. The Morgan fingerprint density at radius 3 is 2.31 bits per heavy atom. The van der Waals surface area contributed by atoms with Gasteiger partial charge < -0.3 is 19.2 Å². The molecular formula is C23H23N3O9. The number of hydrogen-bond donors (Lipinski definition) is 2. The maximum atomic E-state index is 12.3. The maximum Gasteiger partial charge on any atom is 0.344 e. The fourth-order valence-electron chi connectivity index (χ4n) is 3.38. The number of carbonyl (C=O) groups is 6. The Morgan fingerprint density at radius 1 is 1.06 bits per heavy atom. The summed E-state index contributed by atoms with van der Waals surface area (Å²) in [5, 5.41) is 4.74. The topological polar surface area (TPSA) is 161 Å². The average molecular weight is 485 g/mol. The largest absolute Gasteiger partial charge is 0.462 e. The van der Waals surface area contributed by atoms with Crippen LogP contribution in [0.1, 0.15) is 56.2 Å². The highest BCUT2D eigenvalue weighted by Gasteiger charge is 2.29. The first-order valence-electron chi connectivity index (χ1n) is 10.6. The molecule has 2 N–H and O–H groups in total. The van der Waals surface area contributed by atoms with E-state index in [1.54, 1.807) is 19.1 Å². The second kappa shape index (κ2) is 10.6. The molecule has 1 fully saturated rings. The van der Waals surface area contributed by atoms with E-state index in [0.717, 1.165) is 4.90 Å². The standard InChI is InChI=1S/C23H23N3O9/c1-4-33-22(31)19-18(12(2)27)13(3)35-20(19)25-16(28)11-34-21(30)15-7-5-14(6-8-15)10-26-17(29)9-24-23(26)32/h5-8H,4,9-11H2,1-3H3,(H,24,32)(H,25,28). The van der Waals surface area contributed by atoms with Crippen LogP contribution in [0.5, 0.6) is 0 Å². The van der Waals surface area contributed by atoms with E-state index >= 15 is 0 Å². The number of urea groups is 1. The van der Waals surface area contributed by atoms with Crippen LogP contribution in [0.15, 0.2) is 28.7 Å². The highest BCUT2D eigenvalue weighted by atomic mass is 16.5. The number of benzene rings is 1. The third-order valence-corrected chi connectivity index (χ3v) is 4.97. The number of Topliss-reactive ketones (excluding diaryl/α,β-unsaturated/α-hetero) is 1. The molecule has 0 spiro atoms. The molecule has 0 radical (unpaired) electrons. The number of furan rings is 1. The van der Waals surface area contributed by atoms with Crippen molar-refractivity contribution in [1.82, 2.24) is 10.2 Å². The van der Waals surface area contributed by atoms with Gasteiger partial charge in [0.25, 0.3) is 5.91 Å². The summed E-state index contributed by atoms with van der Waals surface area (Å²) in [4.78, 5) is 73.2. The number of esters is 2. The van der Waals surface area contributed by atoms with Crippen molar-refractivity contribution in [2.75, 3.05) is 25.1 Å². The minimum absolute atomic E-state index is 0.0102. The minimum atomic E-state index is -0.838. The van der Waals surface area contributed by atoms with Gasteiger partial charge >= 0.3 is 18.0 Å². The van der Waals surface area contributed by atoms with Gasteiger partial charge in [-0.05, 0) is 38.5 Å². The van der Waals surface area contributed by atoms with Crippen LogP contribution in [0.2, 0.25) is 0 Å². The predicted molar refractivity (Wildman–Crippen MR) is 119 cm³/mol. The van der Waals surface area contributed by atoms with Crippen molar-refractivity contribution < 1.29 is 42.7 Å². The van der Waals surface area contributed by atoms with E-state index in [-0.39, 0.29) is 53.9 Å². The molecule has 2 aromatic rings. The molecule has 0 atom stereocenters. The van der Waals surface area contributed by atoms with Crippen molar-refractivity contribution >= 4 is 41.5 Å². The first kappa shape index (κ1) is 25.1. The molecule has 0 saturated carbocycles. The van der Waals surface area contributed by atoms with Crippen LogP contribution >= 0.6 is 0 Å². The van der Waals surface area contributed by atoms with Gasteiger partial charge in [0.2, 0.25) is 11.8 Å². The van der Waals surface area contributed by atoms with Gasteiger partial charge in [0.15, 0.2) is 12.4 Å². The van der Waals surface area contributed by atoms with Crippen molar-refractivity contribution in [3.63, 3.8) is 0 Å². The highest BCUT2D eigenvalue weighted by molar-refractivity contribution is 6.11. The molecule has 1 aromatic heterocycles. The number of nitrogens with zero attached hydrogens (tertiary/aromatic N) is 1. The van der Waals surface area contributed by atoms with Crippen LogP contribution < -0.4 is 10.6 Å². The molecular weight excluding hydrogens is 462 g/mol. The fourth-order valence-corrected chi connectivity index (χ4v) is 3.38. The Labute approximate surface area is 199 Å². The fraction of sp³-hybridized carbons (Fsp3) is 0.304. The Balaban J connectivity index is 1.61. The summed E-state index contributed by atoms with van der Waals surface area (Å²) in [6, 6.07) is 5.48. The second-order valence-corrected chi connectivity index (χ2v) is 7.47. The van der Waals surface area contributed by atoms with Gasteiger partial charge in [-0.2, -0.15) is 0 Å². The number of ketones is 1. The van der Waals surface area contributed by atoms with Gasteiger partial charge in [-0.3, -0.25) is 24.6 Å². The number of nitrogens with one attached hydrogen (secondary N) is 2. The lowest BCUT2D eigenvalue weighted by Gasteiger charge is -2.12. The van der Waals surface area contributed by atoms with Crippen LogP contribution in [0.3, 0.4) is 0 Å². The van der Waals surface area contributed by atoms with Crippen molar-refractivity contribution in [2.45, 2.75) is 27.3 Å². The van der Waals surface area contributed by atoms with Crippen molar-refractivity contribution in [2.24, 2.45) is 0 Å². The zero-order chi connectivity index (χ0) is 25.7. The summed E-state index contributed by atoms with van der Waals surface area (Å²) < 4.78 is 15.3. The van der Waals surface area contributed by atoms with E-state index in [1.807, 2.05) is 0 Å². The molecule has 0 aliphatic carbocycles. The summed E-state index contributed by atoms with van der Waals surface area (Å²) in [5.41, 5.74) is 0.533. The molecule has 0 unspecified atom stereocenters. The van der Waals surface area contributed by atoms with Crippen molar-refractivity contribution in [3.8, 4) is 0 Å². The molecule has 12 nitrogen and oxygen atoms in total. The van der Waals surface area contributed by atoms with Gasteiger partial charge in [0.05, 0.1) is 30.8 Å². The Hall–Kier alpha value is -4.48. The molecule has 1 aliphatic heterocycles. The number of imide groups is 1. The third kappa shape index (κ3) is 5.72. The lowest BCUT2D eigenvalue weighted by molar-refractivity contribution is -0.125. The quantitative estimate of drug-likeness (QED) is 0.306. The van der Waals surface area contributed by atoms with Crippen LogP contribution in [-0.2, 0) is 25.6 Å². The molecule has 184 valence electrons. The van der Waals surface area contributed by atoms with Crippen molar-refractivity contribution in [1.29, 1.82) is 0 Å². The SMILES string of the molecule is CCOC(=O)c1c(NC(=O)COC(=O)c2ccc(CN3C(=O)CNC3=O)cc2)oc(C)c1C(C)=O. The zero-order valence-electron chi connectivity index (χ0n) is 19.3. The molecule has 35 heavy (non-hydrogen) atoms. The Bertz CT molecular complexity index is 1180. The third-order valence-electron chi connectivity index (χ3n) is 4.97. The summed E-state index contributed by atoms with van der Waals surface area (Å²) >= 11 is 0. The van der Waals surface area contributed by atoms with Gasteiger partial charge in [-0.1, -0.05) is 12.1 Å². The van der Waals surface area contributed by atoms with E-state index in [2.05, 4.69) is 10.6 Å². The lowest BCUT2D eigenvalue weighted by atomic mass is 10.1. The van der Waals surface area contributed by atoms with E-state index in [9.17, 15) is 28.8 Å². The van der Waals surface area contributed by atoms with E-state index in [0.29, 0.717) is 5.56 Å². The van der Waals surface area contributed by atoms with Crippen molar-refractivity contribution in [3.05, 3.63) is 52.3 Å². The molecule has 1 aliphatic rings. The van der Waals surface area contributed by atoms with E-state index in [1.165, 1.54) is 26.0 Å². The number of rotatable bonds is 9. The molecule has 2 heterocycles. The number of amides is 4. The number of ether oxygens (including phenoxy) is 2. The number of hydrogen-bond acceptors (Lipinski definition) is 9. The van der Waals surface area contributed by atoms with Gasteiger partial charge in [-0.25, -0.2) is 14.4 Å². The lowest BCUT2D eigenvalue weighted by Crippen LogP contribution is -2.30. The summed E-state index contributed by atoms with van der Waals surface area (Å²) in [6.07, 6.45) is 0. The molecule has 1 aromatic carbocycles. The molecule has 3 rings (SSSR count). The second-order valence-electron chi connectivity index (χ2n) is 7.47. The normalized spacial score (nSPS) is 12.8. The molecule has 0 bridgehead atoms. The van der Waals surface area contributed by atoms with Crippen LogP contribution in [0, 0.1) is 6.92 Å². The van der Waals surface area contributed by atoms with Crippen LogP contribution in [0.25, 0.3) is 0 Å². The first-order chi connectivity index (χ1) is 16.6. The molecule has 1 saturated heterocycles. The van der Waals surface area contributed by atoms with Crippen LogP contribution in [0.4, 0.5) is 10.7 Å². The predicted octanol–water partition coefficient (Wildman–Crippen LogP) is 1.81. The molecule has 12 heteroatoms. The van der Waals surface area contributed by atoms with E-state index in [4.69, 9.17) is 13.9 Å². The average Bonchev–Trinajstić information content (AvgIpc) is 3.31. The Kier molecular flexibility index (Phi) is 7.64. The minimum Gasteiger partial charge on any atom is -0.462 e. The van der Waals surface area contributed by atoms with Gasteiger partial charge in [0, 0.05) is 0 Å². The Morgan fingerprint density at radius 2 is 1.74 bits per heavy atom. The number of anilines is 1. The van der Waals surface area contributed by atoms with E-state index < -0.39 is 36.3 Å². The monoisotopic (exact) mass is 485 g/mol. The number of carbonyl (C=O) groups excluding carboxylic acids is 6. The summed E-state index contributed by atoms with van der Waals surface area (Å²) in [5.74, 6) is -3.39. The highest BCUT2D eigenvalue weighted by Crippen LogP contribution is 2.28. The number of aryl methyl sites for hydroxylation is 1.